The lowest BCUT2D eigenvalue weighted by molar-refractivity contribution is -0.217. The fourth-order valence-corrected chi connectivity index (χ4v) is 3.96. The quantitative estimate of drug-likeness (QED) is 0.412. The molecule has 38 heavy (non-hydrogen) atoms. The maximum absolute atomic E-state index is 12.9. The van der Waals surface area contributed by atoms with E-state index in [9.17, 15) is 22.8 Å². The number of hydrogen-bond acceptors (Lipinski definition) is 5. The fourth-order valence-electron chi connectivity index (χ4n) is 3.96. The minimum absolute atomic E-state index is 0.0457. The molecular weight excluding hydrogens is 501 g/mol. The van der Waals surface area contributed by atoms with Gasteiger partial charge in [-0.2, -0.15) is 13.2 Å². The Kier molecular flexibility index (Phi) is 8.05. The molecule has 2 aromatic carbocycles. The van der Waals surface area contributed by atoms with Gasteiger partial charge in [-0.05, 0) is 44.5 Å². The number of alkyl halides is 3. The zero-order valence-electron chi connectivity index (χ0n) is 21.2. The van der Waals surface area contributed by atoms with Gasteiger partial charge in [0.05, 0.1) is 30.0 Å². The standard InChI is InChI=1S/C27H29F3N4O4/c1-16(2)38-22-9-5-8-21(12-22)34-23(13-24(33-34)32-26(36)20-11-25(35)31-14-20)19-7-4-6-18(10-19)15-37-17(3)27(28,29)30/h4-10,12-13,16-17,20H,11,14-15H2,1-3H3,(H,31,35)(H,32,33,36)/t17-,20+/m1/s1. The lowest BCUT2D eigenvalue weighted by Gasteiger charge is -2.16. The highest BCUT2D eigenvalue weighted by atomic mass is 19.4. The summed E-state index contributed by atoms with van der Waals surface area (Å²) in [5.41, 5.74) is 2.45. The minimum atomic E-state index is -4.45. The van der Waals surface area contributed by atoms with E-state index in [0.29, 0.717) is 28.3 Å². The van der Waals surface area contributed by atoms with Crippen LogP contribution >= 0.6 is 0 Å². The van der Waals surface area contributed by atoms with Gasteiger partial charge in [0.1, 0.15) is 5.75 Å². The summed E-state index contributed by atoms with van der Waals surface area (Å²) in [4.78, 5) is 24.3. The van der Waals surface area contributed by atoms with Crippen LogP contribution < -0.4 is 15.4 Å². The van der Waals surface area contributed by atoms with Crippen molar-refractivity contribution in [1.82, 2.24) is 15.1 Å². The highest BCUT2D eigenvalue weighted by molar-refractivity contribution is 5.97. The van der Waals surface area contributed by atoms with Gasteiger partial charge in [-0.1, -0.05) is 24.3 Å². The largest absolute Gasteiger partial charge is 0.491 e. The SMILES string of the molecule is CC(C)Oc1cccc(-n2nc(NC(=O)[C@@H]3CNC(=O)C3)cc2-c2cccc(CO[C@H](C)C(F)(F)F)c2)c1. The van der Waals surface area contributed by atoms with Crippen molar-refractivity contribution >= 4 is 17.6 Å². The van der Waals surface area contributed by atoms with Gasteiger partial charge in [0.2, 0.25) is 11.8 Å². The molecule has 2 atom stereocenters. The maximum atomic E-state index is 12.9. The van der Waals surface area contributed by atoms with E-state index in [1.54, 1.807) is 41.1 Å². The lowest BCUT2D eigenvalue weighted by atomic mass is 10.1. The molecule has 0 unspecified atom stereocenters. The average molecular weight is 531 g/mol. The number of halogens is 3. The third-order valence-corrected chi connectivity index (χ3v) is 5.93. The van der Waals surface area contributed by atoms with E-state index < -0.39 is 18.2 Å². The first kappa shape index (κ1) is 27.2. The topological polar surface area (TPSA) is 94.5 Å². The second kappa shape index (κ2) is 11.3. The Balaban J connectivity index is 1.67. The molecule has 1 aliphatic rings. The van der Waals surface area contributed by atoms with Crippen LogP contribution in [0.3, 0.4) is 0 Å². The number of ether oxygens (including phenoxy) is 2. The summed E-state index contributed by atoms with van der Waals surface area (Å²) in [6.45, 7) is 4.82. The predicted octanol–water partition coefficient (Wildman–Crippen LogP) is 4.87. The Labute approximate surface area is 218 Å². The number of benzene rings is 2. The summed E-state index contributed by atoms with van der Waals surface area (Å²) in [6.07, 6.45) is -6.30. The fraction of sp³-hybridized carbons (Fsp3) is 0.370. The molecule has 11 heteroatoms. The molecule has 2 heterocycles. The normalized spacial score (nSPS) is 16.4. The van der Waals surface area contributed by atoms with Crippen LogP contribution in [0.25, 0.3) is 16.9 Å². The molecule has 1 aliphatic heterocycles. The molecule has 1 saturated heterocycles. The van der Waals surface area contributed by atoms with Crippen molar-refractivity contribution in [1.29, 1.82) is 0 Å². The zero-order chi connectivity index (χ0) is 27.4. The molecule has 0 saturated carbocycles. The number of aromatic nitrogens is 2. The van der Waals surface area contributed by atoms with E-state index in [4.69, 9.17) is 9.47 Å². The smallest absolute Gasteiger partial charge is 0.414 e. The van der Waals surface area contributed by atoms with Crippen LogP contribution in [0.5, 0.6) is 5.75 Å². The van der Waals surface area contributed by atoms with Crippen LogP contribution in [0.4, 0.5) is 19.0 Å². The number of anilines is 1. The summed E-state index contributed by atoms with van der Waals surface area (Å²) < 4.78 is 51.1. The van der Waals surface area contributed by atoms with E-state index in [0.717, 1.165) is 6.92 Å². The van der Waals surface area contributed by atoms with Gasteiger partial charge < -0.3 is 20.1 Å². The van der Waals surface area contributed by atoms with Crippen LogP contribution in [0.2, 0.25) is 0 Å². The number of carbonyl (C=O) groups excluding carboxylic acids is 2. The van der Waals surface area contributed by atoms with Gasteiger partial charge in [-0.25, -0.2) is 4.68 Å². The van der Waals surface area contributed by atoms with E-state index in [2.05, 4.69) is 15.7 Å². The van der Waals surface area contributed by atoms with E-state index in [1.165, 1.54) is 0 Å². The second-order valence-corrected chi connectivity index (χ2v) is 9.38. The molecule has 8 nitrogen and oxygen atoms in total. The first-order valence-corrected chi connectivity index (χ1v) is 12.2. The van der Waals surface area contributed by atoms with Crippen molar-refractivity contribution in [3.05, 3.63) is 60.2 Å². The van der Waals surface area contributed by atoms with Crippen LogP contribution in [0.1, 0.15) is 32.8 Å². The zero-order valence-corrected chi connectivity index (χ0v) is 21.2. The molecule has 3 aromatic rings. The number of carbonyl (C=O) groups is 2. The van der Waals surface area contributed by atoms with Crippen molar-refractivity contribution in [2.24, 2.45) is 5.92 Å². The molecule has 1 aromatic heterocycles. The van der Waals surface area contributed by atoms with Crippen LogP contribution in [-0.2, 0) is 20.9 Å². The summed E-state index contributed by atoms with van der Waals surface area (Å²) >= 11 is 0. The molecule has 2 amide bonds. The summed E-state index contributed by atoms with van der Waals surface area (Å²) in [5, 5.41) is 10.0. The molecule has 1 fully saturated rings. The van der Waals surface area contributed by atoms with E-state index in [-0.39, 0.29) is 43.3 Å². The predicted molar refractivity (Wildman–Crippen MR) is 135 cm³/mol. The lowest BCUT2D eigenvalue weighted by Crippen LogP contribution is -2.28. The van der Waals surface area contributed by atoms with Crippen LogP contribution in [0.15, 0.2) is 54.6 Å². The number of rotatable bonds is 9. The Morgan fingerprint density at radius 2 is 1.92 bits per heavy atom. The van der Waals surface area contributed by atoms with Gasteiger partial charge in [-0.15, -0.1) is 5.10 Å². The Morgan fingerprint density at radius 3 is 2.61 bits per heavy atom. The average Bonchev–Trinajstić information content (AvgIpc) is 3.48. The molecule has 0 bridgehead atoms. The van der Waals surface area contributed by atoms with Crippen molar-refractivity contribution < 1.29 is 32.2 Å². The number of hydrogen-bond donors (Lipinski definition) is 2. The summed E-state index contributed by atoms with van der Waals surface area (Å²) in [6, 6.07) is 15.9. The molecule has 0 spiro atoms. The first-order chi connectivity index (χ1) is 18.0. The molecular formula is C27H29F3N4O4. The van der Waals surface area contributed by atoms with Gasteiger partial charge in [0.25, 0.3) is 0 Å². The van der Waals surface area contributed by atoms with Gasteiger partial charge >= 0.3 is 6.18 Å². The van der Waals surface area contributed by atoms with Crippen LogP contribution in [0, 0.1) is 5.92 Å². The van der Waals surface area contributed by atoms with Crippen molar-refractivity contribution in [3.8, 4) is 22.7 Å². The molecule has 4 rings (SSSR count). The Bertz CT molecular complexity index is 1310. The highest BCUT2D eigenvalue weighted by Crippen LogP contribution is 2.30. The highest BCUT2D eigenvalue weighted by Gasteiger charge is 2.36. The van der Waals surface area contributed by atoms with Crippen LogP contribution in [-0.4, -0.2) is 46.5 Å². The third kappa shape index (κ3) is 6.71. The van der Waals surface area contributed by atoms with Crippen molar-refractivity contribution in [2.45, 2.75) is 52.2 Å². The summed E-state index contributed by atoms with van der Waals surface area (Å²) in [7, 11) is 0. The van der Waals surface area contributed by atoms with E-state index in [1.807, 2.05) is 32.0 Å². The number of nitrogens with one attached hydrogen (secondary N) is 2. The number of nitrogens with zero attached hydrogens (tertiary/aromatic N) is 2. The van der Waals surface area contributed by atoms with Gasteiger partial charge in [0, 0.05) is 30.7 Å². The Hall–Kier alpha value is -3.86. The van der Waals surface area contributed by atoms with Crippen molar-refractivity contribution in [2.75, 3.05) is 11.9 Å². The van der Waals surface area contributed by atoms with Gasteiger partial charge in [-0.3, -0.25) is 9.59 Å². The molecule has 0 aliphatic carbocycles. The maximum Gasteiger partial charge on any atom is 0.414 e. The van der Waals surface area contributed by atoms with E-state index >= 15 is 0 Å². The molecule has 0 radical (unpaired) electrons. The third-order valence-electron chi connectivity index (χ3n) is 5.93. The number of amides is 2. The first-order valence-electron chi connectivity index (χ1n) is 12.2. The Morgan fingerprint density at radius 1 is 1.16 bits per heavy atom. The summed E-state index contributed by atoms with van der Waals surface area (Å²) in [5.74, 6) is -0.123. The molecule has 2 N–H and O–H groups in total. The molecule has 202 valence electrons. The van der Waals surface area contributed by atoms with Crippen molar-refractivity contribution in [3.63, 3.8) is 0 Å². The second-order valence-electron chi connectivity index (χ2n) is 9.38. The monoisotopic (exact) mass is 530 g/mol. The minimum Gasteiger partial charge on any atom is -0.491 e. The van der Waals surface area contributed by atoms with Gasteiger partial charge in [0.15, 0.2) is 11.9 Å².